The average Bonchev–Trinajstić information content (AvgIpc) is 2.24. The molecule has 1 nitrogen and oxygen atoms in total. The molecule has 0 aromatic heterocycles. The Morgan fingerprint density at radius 2 is 1.88 bits per heavy atom. The van der Waals surface area contributed by atoms with Crippen molar-refractivity contribution in [3.05, 3.63) is 0 Å². The van der Waals surface area contributed by atoms with Gasteiger partial charge in [-0.1, -0.05) is 47.0 Å². The Morgan fingerprint density at radius 1 is 1.19 bits per heavy atom. The van der Waals surface area contributed by atoms with Crippen LogP contribution in [0.4, 0.5) is 0 Å². The van der Waals surface area contributed by atoms with Crippen molar-refractivity contribution in [2.24, 2.45) is 17.8 Å². The monoisotopic (exact) mass is 225 g/mol. The Kier molecular flexibility index (Phi) is 5.82. The summed E-state index contributed by atoms with van der Waals surface area (Å²) in [7, 11) is 0. The summed E-state index contributed by atoms with van der Waals surface area (Å²) >= 11 is 0. The molecule has 1 aliphatic carbocycles. The molecule has 1 aliphatic rings. The molecule has 96 valence electrons. The smallest absolute Gasteiger partial charge is 0.00977 e. The van der Waals surface area contributed by atoms with E-state index in [9.17, 15) is 0 Å². The van der Waals surface area contributed by atoms with Gasteiger partial charge in [0.25, 0.3) is 0 Å². The summed E-state index contributed by atoms with van der Waals surface area (Å²) in [5.41, 5.74) is 0. The van der Waals surface area contributed by atoms with Crippen molar-refractivity contribution < 1.29 is 0 Å². The molecule has 0 radical (unpaired) electrons. The summed E-state index contributed by atoms with van der Waals surface area (Å²) in [6.45, 7) is 11.9. The van der Waals surface area contributed by atoms with E-state index in [1.54, 1.807) is 0 Å². The van der Waals surface area contributed by atoms with Crippen LogP contribution in [0.5, 0.6) is 0 Å². The summed E-state index contributed by atoms with van der Waals surface area (Å²) < 4.78 is 0. The summed E-state index contributed by atoms with van der Waals surface area (Å²) in [5, 5.41) is 3.86. The molecule has 1 rings (SSSR count). The van der Waals surface area contributed by atoms with Crippen LogP contribution in [0.3, 0.4) is 0 Å². The zero-order chi connectivity index (χ0) is 12.1. The van der Waals surface area contributed by atoms with E-state index in [0.29, 0.717) is 6.04 Å². The van der Waals surface area contributed by atoms with Gasteiger partial charge in [0, 0.05) is 12.1 Å². The predicted octanol–water partition coefficient (Wildman–Crippen LogP) is 4.23. The Morgan fingerprint density at radius 3 is 2.50 bits per heavy atom. The van der Waals surface area contributed by atoms with Crippen molar-refractivity contribution in [3.63, 3.8) is 0 Å². The summed E-state index contributed by atoms with van der Waals surface area (Å²) in [6.07, 6.45) is 6.87. The average molecular weight is 225 g/mol. The van der Waals surface area contributed by atoms with Gasteiger partial charge in [-0.2, -0.15) is 0 Å². The highest BCUT2D eigenvalue weighted by atomic mass is 15.0. The molecule has 0 amide bonds. The van der Waals surface area contributed by atoms with Crippen molar-refractivity contribution >= 4 is 0 Å². The fourth-order valence-electron chi connectivity index (χ4n) is 3.02. The van der Waals surface area contributed by atoms with Gasteiger partial charge in [0.15, 0.2) is 0 Å². The van der Waals surface area contributed by atoms with Crippen LogP contribution in [0.25, 0.3) is 0 Å². The first-order valence-corrected chi connectivity index (χ1v) is 7.30. The van der Waals surface area contributed by atoms with Gasteiger partial charge >= 0.3 is 0 Å². The van der Waals surface area contributed by atoms with E-state index in [0.717, 1.165) is 23.8 Å². The Bertz CT molecular complexity index is 190. The van der Waals surface area contributed by atoms with Crippen LogP contribution in [0.15, 0.2) is 0 Å². The summed E-state index contributed by atoms with van der Waals surface area (Å²) in [4.78, 5) is 0. The maximum atomic E-state index is 3.86. The highest BCUT2D eigenvalue weighted by Gasteiger charge is 2.27. The topological polar surface area (TPSA) is 12.0 Å². The van der Waals surface area contributed by atoms with Gasteiger partial charge in [0.05, 0.1) is 0 Å². The zero-order valence-corrected chi connectivity index (χ0v) is 11.9. The Labute approximate surface area is 102 Å². The standard InChI is InChI=1S/C15H31N/c1-6-11(2)10-13(4)16-15-9-7-8-12(3)14(15)5/h11-16H,6-10H2,1-5H3. The molecule has 0 saturated heterocycles. The van der Waals surface area contributed by atoms with Crippen molar-refractivity contribution in [2.45, 2.75) is 78.8 Å². The minimum absolute atomic E-state index is 0.688. The van der Waals surface area contributed by atoms with E-state index in [-0.39, 0.29) is 0 Å². The van der Waals surface area contributed by atoms with E-state index in [1.165, 1.54) is 32.1 Å². The molecule has 0 aromatic carbocycles. The minimum atomic E-state index is 0.688. The van der Waals surface area contributed by atoms with E-state index < -0.39 is 0 Å². The number of hydrogen-bond donors (Lipinski definition) is 1. The first-order valence-electron chi connectivity index (χ1n) is 7.30. The van der Waals surface area contributed by atoms with Gasteiger partial charge in [-0.15, -0.1) is 0 Å². The van der Waals surface area contributed by atoms with Gasteiger partial charge in [-0.05, 0) is 37.5 Å². The lowest BCUT2D eigenvalue weighted by atomic mass is 9.77. The van der Waals surface area contributed by atoms with Gasteiger partial charge in [-0.3, -0.25) is 0 Å². The molecule has 0 aliphatic heterocycles. The molecule has 1 fully saturated rings. The van der Waals surface area contributed by atoms with E-state index in [4.69, 9.17) is 0 Å². The van der Waals surface area contributed by atoms with E-state index in [1.807, 2.05) is 0 Å². The van der Waals surface area contributed by atoms with Crippen molar-refractivity contribution in [2.75, 3.05) is 0 Å². The van der Waals surface area contributed by atoms with Crippen molar-refractivity contribution in [1.29, 1.82) is 0 Å². The Balaban J connectivity index is 2.34. The number of rotatable bonds is 5. The molecule has 1 heteroatoms. The normalized spacial score (nSPS) is 34.7. The second-order valence-electron chi connectivity index (χ2n) is 6.19. The highest BCUT2D eigenvalue weighted by molar-refractivity contribution is 4.84. The molecule has 0 aromatic rings. The molecule has 1 saturated carbocycles. The third-order valence-electron chi connectivity index (χ3n) is 4.66. The lowest BCUT2D eigenvalue weighted by molar-refractivity contribution is 0.190. The molecule has 5 atom stereocenters. The SMILES string of the molecule is CCC(C)CC(C)NC1CCCC(C)C1C. The zero-order valence-electron chi connectivity index (χ0n) is 11.9. The summed E-state index contributed by atoms with van der Waals surface area (Å²) in [5.74, 6) is 2.62. The summed E-state index contributed by atoms with van der Waals surface area (Å²) in [6, 6.07) is 1.45. The maximum Gasteiger partial charge on any atom is 0.00977 e. The second-order valence-corrected chi connectivity index (χ2v) is 6.19. The van der Waals surface area contributed by atoms with Gasteiger partial charge in [-0.25, -0.2) is 0 Å². The van der Waals surface area contributed by atoms with E-state index >= 15 is 0 Å². The first kappa shape index (κ1) is 14.0. The predicted molar refractivity (Wildman–Crippen MR) is 72.6 cm³/mol. The van der Waals surface area contributed by atoms with Crippen LogP contribution in [0, 0.1) is 17.8 Å². The third-order valence-corrected chi connectivity index (χ3v) is 4.66. The number of hydrogen-bond acceptors (Lipinski definition) is 1. The molecule has 0 spiro atoms. The van der Waals surface area contributed by atoms with Crippen LogP contribution in [0.2, 0.25) is 0 Å². The van der Waals surface area contributed by atoms with E-state index in [2.05, 4.69) is 39.9 Å². The molecule has 5 unspecified atom stereocenters. The molecule has 0 bridgehead atoms. The van der Waals surface area contributed by atoms with Crippen molar-refractivity contribution in [3.8, 4) is 0 Å². The lowest BCUT2D eigenvalue weighted by Gasteiger charge is -2.37. The molecule has 0 heterocycles. The van der Waals surface area contributed by atoms with Crippen LogP contribution in [-0.4, -0.2) is 12.1 Å². The largest absolute Gasteiger partial charge is 0.311 e. The highest BCUT2D eigenvalue weighted by Crippen LogP contribution is 2.30. The molecular formula is C15H31N. The minimum Gasteiger partial charge on any atom is -0.311 e. The second kappa shape index (κ2) is 6.64. The van der Waals surface area contributed by atoms with Gasteiger partial charge in [0.2, 0.25) is 0 Å². The van der Waals surface area contributed by atoms with Crippen LogP contribution >= 0.6 is 0 Å². The van der Waals surface area contributed by atoms with Gasteiger partial charge < -0.3 is 5.32 Å². The maximum absolute atomic E-state index is 3.86. The van der Waals surface area contributed by atoms with Gasteiger partial charge in [0.1, 0.15) is 0 Å². The number of nitrogens with one attached hydrogen (secondary N) is 1. The van der Waals surface area contributed by atoms with Crippen molar-refractivity contribution in [1.82, 2.24) is 5.32 Å². The third kappa shape index (κ3) is 4.08. The van der Waals surface area contributed by atoms with Crippen LogP contribution in [0.1, 0.15) is 66.7 Å². The fourth-order valence-corrected chi connectivity index (χ4v) is 3.02. The van der Waals surface area contributed by atoms with Crippen LogP contribution in [-0.2, 0) is 0 Å². The Hall–Kier alpha value is -0.0400. The molecular weight excluding hydrogens is 194 g/mol. The lowest BCUT2D eigenvalue weighted by Crippen LogP contribution is -2.45. The first-order chi connectivity index (χ1) is 7.54. The molecule has 16 heavy (non-hydrogen) atoms. The van der Waals surface area contributed by atoms with Crippen LogP contribution < -0.4 is 5.32 Å². The molecule has 1 N–H and O–H groups in total. The fraction of sp³-hybridized carbons (Fsp3) is 1.00. The quantitative estimate of drug-likeness (QED) is 0.738.